The van der Waals surface area contributed by atoms with Crippen molar-refractivity contribution in [2.45, 2.75) is 44.3 Å². The third-order valence-corrected chi connectivity index (χ3v) is 6.05. The second-order valence-corrected chi connectivity index (χ2v) is 8.46. The number of carbonyl (C=O) groups is 1. The minimum atomic E-state index is -0.324. The largest absolute Gasteiger partial charge is 0.342 e. The van der Waals surface area contributed by atoms with Gasteiger partial charge in [0.15, 0.2) is 11.0 Å². The Labute approximate surface area is 184 Å². The number of carbonyl (C=O) groups excluding carboxylic acids is 1. The first kappa shape index (κ1) is 21.7. The van der Waals surface area contributed by atoms with Crippen LogP contribution in [-0.4, -0.2) is 20.7 Å². The Morgan fingerprint density at radius 1 is 1.17 bits per heavy atom. The van der Waals surface area contributed by atoms with Gasteiger partial charge in [-0.15, -0.1) is 10.2 Å². The van der Waals surface area contributed by atoms with Crippen LogP contribution >= 0.6 is 35.0 Å². The predicted molar refractivity (Wildman–Crippen MR) is 119 cm³/mol. The van der Waals surface area contributed by atoms with E-state index in [1.807, 2.05) is 18.4 Å². The molecule has 0 saturated heterocycles. The topological polar surface area (TPSA) is 59.8 Å². The van der Waals surface area contributed by atoms with Gasteiger partial charge in [0.25, 0.3) is 5.91 Å². The number of hydrogen-bond acceptors (Lipinski definition) is 4. The number of benzene rings is 2. The van der Waals surface area contributed by atoms with E-state index in [4.69, 9.17) is 23.2 Å². The molecule has 0 aliphatic heterocycles. The molecular formula is C21H22Cl2N4OS. The Balaban J connectivity index is 1.71. The van der Waals surface area contributed by atoms with E-state index >= 15 is 0 Å². The third-order valence-electron chi connectivity index (χ3n) is 4.46. The molecule has 0 fully saturated rings. The van der Waals surface area contributed by atoms with E-state index in [9.17, 15) is 4.79 Å². The lowest BCUT2D eigenvalue weighted by molar-refractivity contribution is 0.0937. The van der Waals surface area contributed by atoms with Crippen LogP contribution in [-0.2, 0) is 12.3 Å². The normalized spacial score (nSPS) is 12.0. The number of nitrogens with one attached hydrogen (secondary N) is 1. The first-order chi connectivity index (χ1) is 13.9. The first-order valence-corrected chi connectivity index (χ1v) is 11.0. The molecule has 0 aliphatic carbocycles. The molecule has 152 valence electrons. The van der Waals surface area contributed by atoms with Crippen molar-refractivity contribution in [1.29, 1.82) is 0 Å². The van der Waals surface area contributed by atoms with Crippen molar-refractivity contribution < 1.29 is 4.79 Å². The molecule has 0 radical (unpaired) electrons. The van der Waals surface area contributed by atoms with Gasteiger partial charge in [0.05, 0.1) is 16.6 Å². The van der Waals surface area contributed by atoms with E-state index in [0.29, 0.717) is 28.0 Å². The van der Waals surface area contributed by atoms with Crippen molar-refractivity contribution in [3.63, 3.8) is 0 Å². The summed E-state index contributed by atoms with van der Waals surface area (Å²) in [4.78, 5) is 12.6. The zero-order valence-corrected chi connectivity index (χ0v) is 18.8. The highest BCUT2D eigenvalue weighted by molar-refractivity contribution is 7.98. The average molecular weight is 449 g/mol. The maximum absolute atomic E-state index is 12.6. The maximum atomic E-state index is 12.6. The number of nitrogens with zero attached hydrogens (tertiary/aromatic N) is 3. The first-order valence-electron chi connectivity index (χ1n) is 9.26. The molecule has 0 spiro atoms. The summed E-state index contributed by atoms with van der Waals surface area (Å²) in [7, 11) is 0. The summed E-state index contributed by atoms with van der Waals surface area (Å²) in [5, 5.41) is 13.2. The van der Waals surface area contributed by atoms with Crippen molar-refractivity contribution in [3.05, 3.63) is 75.0 Å². The van der Waals surface area contributed by atoms with E-state index in [2.05, 4.69) is 46.7 Å². The molecule has 1 aromatic heterocycles. The predicted octanol–water partition coefficient (Wildman–Crippen LogP) is 5.70. The molecule has 0 saturated carbocycles. The highest BCUT2D eigenvalue weighted by Crippen LogP contribution is 2.25. The van der Waals surface area contributed by atoms with E-state index < -0.39 is 0 Å². The SMILES string of the molecule is CCn1c(SCc2ccc(C)cc2)nnc1[C@@H](C)NC(=O)c1ccc(Cl)cc1Cl. The van der Waals surface area contributed by atoms with Gasteiger partial charge in [-0.3, -0.25) is 4.79 Å². The van der Waals surface area contributed by atoms with Gasteiger partial charge in [0, 0.05) is 17.3 Å². The molecule has 2 aromatic carbocycles. The smallest absolute Gasteiger partial charge is 0.253 e. The maximum Gasteiger partial charge on any atom is 0.253 e. The van der Waals surface area contributed by atoms with Crippen molar-refractivity contribution in [3.8, 4) is 0 Å². The van der Waals surface area contributed by atoms with Gasteiger partial charge in [0.2, 0.25) is 0 Å². The lowest BCUT2D eigenvalue weighted by atomic mass is 10.2. The number of hydrogen-bond donors (Lipinski definition) is 1. The van der Waals surface area contributed by atoms with Crippen LogP contribution in [0.1, 0.15) is 47.2 Å². The highest BCUT2D eigenvalue weighted by atomic mass is 35.5. The summed E-state index contributed by atoms with van der Waals surface area (Å²) in [6, 6.07) is 12.9. The number of amides is 1. The molecule has 1 heterocycles. The summed E-state index contributed by atoms with van der Waals surface area (Å²) in [5.74, 6) is 1.23. The van der Waals surface area contributed by atoms with Gasteiger partial charge >= 0.3 is 0 Å². The average Bonchev–Trinajstić information content (AvgIpc) is 3.10. The third kappa shape index (κ3) is 5.32. The van der Waals surface area contributed by atoms with Crippen molar-refractivity contribution >= 4 is 40.9 Å². The highest BCUT2D eigenvalue weighted by Gasteiger charge is 2.20. The standard InChI is InChI=1S/C21H22Cl2N4OS/c1-4-27-19(14(3)24-20(28)17-10-9-16(22)11-18(17)23)25-26-21(27)29-12-15-7-5-13(2)6-8-15/h5-11,14H,4,12H2,1-3H3,(H,24,28)/t14-/m1/s1. The van der Waals surface area contributed by atoms with Gasteiger partial charge in [-0.1, -0.05) is 64.8 Å². The number of aromatic nitrogens is 3. The van der Waals surface area contributed by atoms with Crippen LogP contribution in [0.15, 0.2) is 47.6 Å². The summed E-state index contributed by atoms with van der Waals surface area (Å²) < 4.78 is 2.02. The Kier molecular flexibility index (Phi) is 7.22. The number of rotatable bonds is 7. The monoisotopic (exact) mass is 448 g/mol. The lowest BCUT2D eigenvalue weighted by Crippen LogP contribution is -2.29. The molecular weight excluding hydrogens is 427 g/mol. The summed E-state index contributed by atoms with van der Waals surface area (Å²) in [6.07, 6.45) is 0. The van der Waals surface area contributed by atoms with Crippen LogP contribution < -0.4 is 5.32 Å². The van der Waals surface area contributed by atoms with Gasteiger partial charge in [-0.25, -0.2) is 0 Å². The Morgan fingerprint density at radius 2 is 1.90 bits per heavy atom. The lowest BCUT2D eigenvalue weighted by Gasteiger charge is -2.15. The molecule has 29 heavy (non-hydrogen) atoms. The Hall–Kier alpha value is -2.02. The summed E-state index contributed by atoms with van der Waals surface area (Å²) in [6.45, 7) is 6.70. The number of aryl methyl sites for hydroxylation is 1. The Morgan fingerprint density at radius 3 is 2.55 bits per heavy atom. The fourth-order valence-electron chi connectivity index (χ4n) is 2.87. The molecule has 5 nitrogen and oxygen atoms in total. The summed E-state index contributed by atoms with van der Waals surface area (Å²) in [5.41, 5.74) is 2.84. The molecule has 1 atom stereocenters. The molecule has 0 unspecified atom stereocenters. The van der Waals surface area contributed by atoms with E-state index in [-0.39, 0.29) is 11.9 Å². The van der Waals surface area contributed by atoms with Crippen LogP contribution in [0.4, 0.5) is 0 Å². The zero-order chi connectivity index (χ0) is 21.0. The molecule has 0 aliphatic rings. The molecule has 1 N–H and O–H groups in total. The van der Waals surface area contributed by atoms with E-state index in [1.165, 1.54) is 11.1 Å². The second-order valence-electron chi connectivity index (χ2n) is 6.68. The molecule has 1 amide bonds. The quantitative estimate of drug-likeness (QED) is 0.471. The molecule has 8 heteroatoms. The van der Waals surface area contributed by atoms with Crippen LogP contribution in [0, 0.1) is 6.92 Å². The Bertz CT molecular complexity index is 1000. The van der Waals surface area contributed by atoms with Gasteiger partial charge in [-0.2, -0.15) is 0 Å². The van der Waals surface area contributed by atoms with Crippen LogP contribution in [0.5, 0.6) is 0 Å². The van der Waals surface area contributed by atoms with Crippen LogP contribution in [0.2, 0.25) is 10.0 Å². The van der Waals surface area contributed by atoms with Crippen LogP contribution in [0.3, 0.4) is 0 Å². The fourth-order valence-corrected chi connectivity index (χ4v) is 4.33. The molecule has 0 bridgehead atoms. The van der Waals surface area contributed by atoms with Crippen molar-refractivity contribution in [2.24, 2.45) is 0 Å². The fraction of sp³-hybridized carbons (Fsp3) is 0.286. The van der Waals surface area contributed by atoms with Gasteiger partial charge < -0.3 is 9.88 Å². The zero-order valence-electron chi connectivity index (χ0n) is 16.4. The van der Waals surface area contributed by atoms with Crippen molar-refractivity contribution in [2.75, 3.05) is 0 Å². The minimum absolute atomic E-state index is 0.279. The minimum Gasteiger partial charge on any atom is -0.342 e. The summed E-state index contributed by atoms with van der Waals surface area (Å²) >= 11 is 13.7. The van der Waals surface area contributed by atoms with Gasteiger partial charge in [0.1, 0.15) is 0 Å². The molecule has 3 aromatic rings. The van der Waals surface area contributed by atoms with Crippen LogP contribution in [0.25, 0.3) is 0 Å². The molecule has 3 rings (SSSR count). The second kappa shape index (κ2) is 9.65. The van der Waals surface area contributed by atoms with Crippen molar-refractivity contribution in [1.82, 2.24) is 20.1 Å². The van der Waals surface area contributed by atoms with Gasteiger partial charge in [-0.05, 0) is 44.5 Å². The number of thioether (sulfide) groups is 1. The van der Waals surface area contributed by atoms with E-state index in [0.717, 1.165) is 10.9 Å². The number of halogens is 2. The van der Waals surface area contributed by atoms with E-state index in [1.54, 1.807) is 30.0 Å².